The number of fused-ring (bicyclic) bond motifs is 8. The molecule has 1 aliphatic heterocycles. The second-order valence-electron chi connectivity index (χ2n) is 12.1. The van der Waals surface area contributed by atoms with Gasteiger partial charge in [-0.2, -0.15) is 0 Å². The van der Waals surface area contributed by atoms with Crippen LogP contribution >= 0.6 is 11.8 Å². The lowest BCUT2D eigenvalue weighted by molar-refractivity contribution is 1.06. The molecule has 9 aromatic rings. The molecule has 0 spiro atoms. The van der Waals surface area contributed by atoms with Crippen LogP contribution in [-0.4, -0.2) is 15.8 Å². The molecule has 3 heterocycles. The summed E-state index contributed by atoms with van der Waals surface area (Å²) in [4.78, 5) is 2.63. The van der Waals surface area contributed by atoms with E-state index in [-0.39, 0.29) is 6.71 Å². The number of hydrogen-bond acceptors (Lipinski definition) is 1. The molecule has 10 rings (SSSR count). The maximum Gasteiger partial charge on any atom is 0.244 e. The highest BCUT2D eigenvalue weighted by Crippen LogP contribution is 2.41. The van der Waals surface area contributed by atoms with E-state index in [1.54, 1.807) is 0 Å². The average molecular weight is 603 g/mol. The minimum Gasteiger partial charge on any atom is -0.295 e. The summed E-state index contributed by atoms with van der Waals surface area (Å²) in [6.07, 6.45) is 0. The van der Waals surface area contributed by atoms with Crippen LogP contribution < -0.4 is 16.4 Å². The van der Waals surface area contributed by atoms with Gasteiger partial charge in [-0.05, 0) is 53.2 Å². The Morgan fingerprint density at radius 1 is 0.413 bits per heavy atom. The highest BCUT2D eigenvalue weighted by atomic mass is 32.2. The molecule has 0 unspecified atom stereocenters. The van der Waals surface area contributed by atoms with Crippen LogP contribution in [0.5, 0.6) is 0 Å². The predicted octanol–water partition coefficient (Wildman–Crippen LogP) is 8.86. The minimum atomic E-state index is 0.157. The van der Waals surface area contributed by atoms with Crippen LogP contribution in [0.1, 0.15) is 0 Å². The van der Waals surface area contributed by atoms with Crippen LogP contribution in [0.15, 0.2) is 174 Å². The van der Waals surface area contributed by atoms with Crippen LogP contribution in [0.2, 0.25) is 0 Å². The molecular formula is C42H27BN2S. The molecule has 0 bridgehead atoms. The van der Waals surface area contributed by atoms with E-state index in [9.17, 15) is 0 Å². The number of aromatic nitrogens is 2. The minimum absolute atomic E-state index is 0.157. The van der Waals surface area contributed by atoms with E-state index in [0.717, 1.165) is 5.69 Å². The molecule has 0 aliphatic carbocycles. The fourth-order valence-electron chi connectivity index (χ4n) is 7.72. The standard InChI is InChI=1S/C42H27BN2S/c1-2-15-29(16-3-1)44-37-22-9-6-18-32(37)41-33-19-7-10-23-38(33)45(42(41)44)30-25-26-36-40(27-30)46-39-24-11-8-20-35(39)43(36)34-21-12-14-28-13-4-5-17-31(28)34/h1-27H. The number of rotatable bonds is 3. The first kappa shape index (κ1) is 25.8. The highest BCUT2D eigenvalue weighted by molar-refractivity contribution is 8.00. The fourth-order valence-corrected chi connectivity index (χ4v) is 8.89. The summed E-state index contributed by atoms with van der Waals surface area (Å²) >= 11 is 1.89. The van der Waals surface area contributed by atoms with Crippen molar-refractivity contribution in [2.45, 2.75) is 9.79 Å². The predicted molar refractivity (Wildman–Crippen MR) is 197 cm³/mol. The van der Waals surface area contributed by atoms with Crippen molar-refractivity contribution in [3.8, 4) is 11.4 Å². The molecule has 0 saturated carbocycles. The zero-order valence-electron chi connectivity index (χ0n) is 25.0. The van der Waals surface area contributed by atoms with Gasteiger partial charge in [0.05, 0.1) is 11.0 Å². The van der Waals surface area contributed by atoms with Gasteiger partial charge in [-0.3, -0.25) is 9.13 Å². The summed E-state index contributed by atoms with van der Waals surface area (Å²) in [5, 5.41) is 6.43. The third kappa shape index (κ3) is 3.68. The van der Waals surface area contributed by atoms with Gasteiger partial charge in [0.1, 0.15) is 5.65 Å². The quantitative estimate of drug-likeness (QED) is 0.184. The summed E-state index contributed by atoms with van der Waals surface area (Å²) in [5.74, 6) is 0. The Hall–Kier alpha value is -5.45. The van der Waals surface area contributed by atoms with E-state index in [2.05, 4.69) is 173 Å². The van der Waals surface area contributed by atoms with Gasteiger partial charge >= 0.3 is 0 Å². The molecule has 7 aromatic carbocycles. The Balaban J connectivity index is 1.27. The average Bonchev–Trinajstić information content (AvgIpc) is 3.63. The van der Waals surface area contributed by atoms with Crippen molar-refractivity contribution in [2.24, 2.45) is 0 Å². The van der Waals surface area contributed by atoms with Gasteiger partial charge in [0.15, 0.2) is 0 Å². The fraction of sp³-hybridized carbons (Fsp3) is 0. The largest absolute Gasteiger partial charge is 0.295 e. The van der Waals surface area contributed by atoms with Gasteiger partial charge in [-0.25, -0.2) is 0 Å². The Kier molecular flexibility index (Phi) is 5.64. The molecule has 0 amide bonds. The van der Waals surface area contributed by atoms with Gasteiger partial charge in [0.2, 0.25) is 6.71 Å². The SMILES string of the molecule is c1ccc(-n2c3ccccc3c3c4ccccc4n(-c4ccc5c(c4)Sc4ccccc4B5c4cccc5ccccc45)c32)cc1. The molecular weight excluding hydrogens is 575 g/mol. The third-order valence-electron chi connectivity index (χ3n) is 9.64. The zero-order chi connectivity index (χ0) is 30.2. The third-order valence-corrected chi connectivity index (χ3v) is 10.8. The van der Waals surface area contributed by atoms with Crippen LogP contribution in [0.25, 0.3) is 55.0 Å². The monoisotopic (exact) mass is 602 g/mol. The summed E-state index contributed by atoms with van der Waals surface area (Å²) in [7, 11) is 0. The molecule has 214 valence electrons. The van der Waals surface area contributed by atoms with E-state index in [4.69, 9.17) is 0 Å². The van der Waals surface area contributed by atoms with Gasteiger partial charge < -0.3 is 0 Å². The van der Waals surface area contributed by atoms with Crippen LogP contribution in [-0.2, 0) is 0 Å². The lowest BCUT2D eigenvalue weighted by atomic mass is 9.36. The Labute approximate surface area is 271 Å². The van der Waals surface area contributed by atoms with Crippen LogP contribution in [0, 0.1) is 0 Å². The van der Waals surface area contributed by atoms with Crippen molar-refractivity contribution in [1.82, 2.24) is 9.13 Å². The maximum atomic E-state index is 2.48. The van der Waals surface area contributed by atoms with Crippen LogP contribution in [0.3, 0.4) is 0 Å². The van der Waals surface area contributed by atoms with E-state index < -0.39 is 0 Å². The first-order chi connectivity index (χ1) is 22.8. The van der Waals surface area contributed by atoms with E-state index in [1.165, 1.54) is 75.5 Å². The first-order valence-corrected chi connectivity index (χ1v) is 16.6. The molecule has 1 aliphatic rings. The molecule has 2 aromatic heterocycles. The molecule has 46 heavy (non-hydrogen) atoms. The Morgan fingerprint density at radius 2 is 1.00 bits per heavy atom. The van der Waals surface area contributed by atoms with Gasteiger partial charge in [0.25, 0.3) is 0 Å². The molecule has 0 radical (unpaired) electrons. The van der Waals surface area contributed by atoms with E-state index in [1.807, 2.05) is 11.8 Å². The van der Waals surface area contributed by atoms with Gasteiger partial charge in [0, 0.05) is 37.3 Å². The molecule has 0 N–H and O–H groups in total. The van der Waals surface area contributed by atoms with Crippen molar-refractivity contribution >= 4 is 78.5 Å². The maximum absolute atomic E-state index is 2.48. The van der Waals surface area contributed by atoms with E-state index in [0.29, 0.717) is 0 Å². The second-order valence-corrected chi connectivity index (χ2v) is 13.2. The van der Waals surface area contributed by atoms with E-state index >= 15 is 0 Å². The van der Waals surface area contributed by atoms with Crippen molar-refractivity contribution < 1.29 is 0 Å². The van der Waals surface area contributed by atoms with Crippen molar-refractivity contribution in [3.63, 3.8) is 0 Å². The second kappa shape index (κ2) is 10.0. The summed E-state index contributed by atoms with van der Waals surface area (Å²) in [6, 6.07) is 60.1. The summed E-state index contributed by atoms with van der Waals surface area (Å²) < 4.78 is 4.91. The summed E-state index contributed by atoms with van der Waals surface area (Å²) in [6.45, 7) is 0.157. The van der Waals surface area contributed by atoms with Gasteiger partial charge in [-0.15, -0.1) is 0 Å². The lowest BCUT2D eigenvalue weighted by Crippen LogP contribution is -2.55. The highest BCUT2D eigenvalue weighted by Gasteiger charge is 2.32. The molecule has 0 atom stereocenters. The van der Waals surface area contributed by atoms with Crippen molar-refractivity contribution in [1.29, 1.82) is 0 Å². The topological polar surface area (TPSA) is 9.86 Å². The van der Waals surface area contributed by atoms with Crippen molar-refractivity contribution in [3.05, 3.63) is 164 Å². The Morgan fingerprint density at radius 3 is 1.80 bits per heavy atom. The van der Waals surface area contributed by atoms with Crippen LogP contribution in [0.4, 0.5) is 0 Å². The normalized spacial score (nSPS) is 12.7. The van der Waals surface area contributed by atoms with Gasteiger partial charge in [-0.1, -0.05) is 149 Å². The molecule has 4 heteroatoms. The lowest BCUT2D eigenvalue weighted by Gasteiger charge is -2.27. The van der Waals surface area contributed by atoms with Crippen molar-refractivity contribution in [2.75, 3.05) is 0 Å². The molecule has 0 fully saturated rings. The molecule has 2 nitrogen and oxygen atoms in total. The first-order valence-electron chi connectivity index (χ1n) is 15.8. The number of hydrogen-bond donors (Lipinski definition) is 0. The number of benzene rings is 7. The number of para-hydroxylation sites is 3. The zero-order valence-corrected chi connectivity index (χ0v) is 25.8. The Bertz CT molecular complexity index is 2630. The smallest absolute Gasteiger partial charge is 0.244 e. The number of nitrogens with zero attached hydrogens (tertiary/aromatic N) is 2. The molecule has 0 saturated heterocycles. The summed E-state index contributed by atoms with van der Waals surface area (Å²) in [5.41, 5.74) is 10.1.